The summed E-state index contributed by atoms with van der Waals surface area (Å²) in [5.41, 5.74) is 2.49. The number of amides is 1. The van der Waals surface area contributed by atoms with Gasteiger partial charge in [0, 0.05) is 30.1 Å². The molecule has 0 unspecified atom stereocenters. The minimum absolute atomic E-state index is 0.0586. The number of anilines is 1. The van der Waals surface area contributed by atoms with Crippen molar-refractivity contribution in [1.82, 2.24) is 19.6 Å². The lowest BCUT2D eigenvalue weighted by Crippen LogP contribution is -2.10. The van der Waals surface area contributed by atoms with Crippen molar-refractivity contribution < 1.29 is 18.9 Å². The highest BCUT2D eigenvalue weighted by atomic mass is 35.5. The largest absolute Gasteiger partial charge is 0.484 e. The SMILES string of the molecule is CCn1ncc(Cn2cc(NC(=O)c3ccc(COc4cc([N+](=O)[O-])ccc4Cl)o3)cn2)c1C. The zero-order chi connectivity index (χ0) is 24.2. The summed E-state index contributed by atoms with van der Waals surface area (Å²) in [6.45, 7) is 5.30. The van der Waals surface area contributed by atoms with Gasteiger partial charge >= 0.3 is 0 Å². The van der Waals surface area contributed by atoms with Gasteiger partial charge in [0.2, 0.25) is 0 Å². The van der Waals surface area contributed by atoms with Gasteiger partial charge in [0.1, 0.15) is 18.1 Å². The van der Waals surface area contributed by atoms with Gasteiger partial charge in [-0.05, 0) is 32.0 Å². The average Bonchev–Trinajstić information content (AvgIpc) is 3.54. The van der Waals surface area contributed by atoms with Gasteiger partial charge in [0.25, 0.3) is 11.6 Å². The van der Waals surface area contributed by atoms with E-state index in [-0.39, 0.29) is 28.8 Å². The lowest BCUT2D eigenvalue weighted by Gasteiger charge is -2.06. The number of carbonyl (C=O) groups is 1. The Morgan fingerprint density at radius 1 is 1.26 bits per heavy atom. The van der Waals surface area contributed by atoms with Crippen LogP contribution < -0.4 is 10.1 Å². The summed E-state index contributed by atoms with van der Waals surface area (Å²) in [4.78, 5) is 22.9. The summed E-state index contributed by atoms with van der Waals surface area (Å²) >= 11 is 6.03. The van der Waals surface area contributed by atoms with Crippen molar-refractivity contribution in [3.05, 3.63) is 86.8 Å². The molecule has 0 bridgehead atoms. The van der Waals surface area contributed by atoms with Crippen LogP contribution in [0.5, 0.6) is 5.75 Å². The van der Waals surface area contributed by atoms with Crippen molar-refractivity contribution in [1.29, 1.82) is 0 Å². The summed E-state index contributed by atoms with van der Waals surface area (Å²) in [5, 5.41) is 22.5. The van der Waals surface area contributed by atoms with Gasteiger partial charge < -0.3 is 14.5 Å². The molecule has 34 heavy (non-hydrogen) atoms. The number of benzene rings is 1. The fourth-order valence-electron chi connectivity index (χ4n) is 3.28. The first-order chi connectivity index (χ1) is 16.3. The molecule has 0 fully saturated rings. The molecule has 1 aromatic carbocycles. The molecule has 0 saturated carbocycles. The number of halogens is 1. The van der Waals surface area contributed by atoms with Crippen molar-refractivity contribution in [2.24, 2.45) is 0 Å². The van der Waals surface area contributed by atoms with Gasteiger partial charge in [-0.3, -0.25) is 24.3 Å². The number of non-ortho nitro benzene ring substituents is 1. The van der Waals surface area contributed by atoms with E-state index in [2.05, 4.69) is 15.5 Å². The number of nitro groups is 1. The van der Waals surface area contributed by atoms with Crippen LogP contribution in [0.15, 0.2) is 53.3 Å². The number of nitro benzene ring substituents is 1. The van der Waals surface area contributed by atoms with Gasteiger partial charge in [-0.25, -0.2) is 0 Å². The Morgan fingerprint density at radius 3 is 2.82 bits per heavy atom. The number of aryl methyl sites for hydroxylation is 1. The molecular formula is C22H21ClN6O5. The minimum Gasteiger partial charge on any atom is -0.484 e. The van der Waals surface area contributed by atoms with E-state index in [0.717, 1.165) is 17.8 Å². The van der Waals surface area contributed by atoms with E-state index in [1.807, 2.05) is 24.7 Å². The Bertz CT molecular complexity index is 1340. The second kappa shape index (κ2) is 9.79. The molecule has 176 valence electrons. The topological polar surface area (TPSA) is 130 Å². The zero-order valence-corrected chi connectivity index (χ0v) is 19.2. The molecule has 1 N–H and O–H groups in total. The number of rotatable bonds is 9. The lowest BCUT2D eigenvalue weighted by atomic mass is 10.2. The van der Waals surface area contributed by atoms with Crippen LogP contribution in [0.4, 0.5) is 11.4 Å². The van der Waals surface area contributed by atoms with Gasteiger partial charge in [-0.1, -0.05) is 11.6 Å². The zero-order valence-electron chi connectivity index (χ0n) is 18.4. The Labute approximate surface area is 199 Å². The number of aromatic nitrogens is 4. The van der Waals surface area contributed by atoms with Crippen LogP contribution in [0.3, 0.4) is 0 Å². The van der Waals surface area contributed by atoms with E-state index >= 15 is 0 Å². The highest BCUT2D eigenvalue weighted by molar-refractivity contribution is 6.32. The van der Waals surface area contributed by atoms with E-state index in [1.54, 1.807) is 23.1 Å². The standard InChI is InChI=1S/C22H21ClN6O5/c1-3-28-14(2)15(9-25-28)11-27-12-16(10-24-27)26-22(30)20-7-5-18(34-20)13-33-21-8-17(29(31)32)4-6-19(21)23/h4-10,12H,3,11,13H2,1-2H3,(H,26,30). The first-order valence-corrected chi connectivity index (χ1v) is 10.7. The Morgan fingerprint density at radius 2 is 2.09 bits per heavy atom. The number of nitrogens with zero attached hydrogens (tertiary/aromatic N) is 5. The predicted molar refractivity (Wildman–Crippen MR) is 123 cm³/mol. The average molecular weight is 485 g/mol. The van der Waals surface area contributed by atoms with Gasteiger partial charge in [0.15, 0.2) is 5.76 Å². The van der Waals surface area contributed by atoms with Crippen LogP contribution in [0.1, 0.15) is 34.5 Å². The maximum absolute atomic E-state index is 12.5. The molecule has 11 nitrogen and oxygen atoms in total. The molecular weight excluding hydrogens is 464 g/mol. The minimum atomic E-state index is -0.542. The highest BCUT2D eigenvalue weighted by Crippen LogP contribution is 2.29. The Kier molecular flexibility index (Phi) is 6.64. The summed E-state index contributed by atoms with van der Waals surface area (Å²) in [6.07, 6.45) is 5.08. The molecule has 0 aliphatic carbocycles. The maximum Gasteiger partial charge on any atom is 0.291 e. The number of carbonyl (C=O) groups excluding carboxylic acids is 1. The number of nitrogens with one attached hydrogen (secondary N) is 1. The fourth-order valence-corrected chi connectivity index (χ4v) is 3.46. The van der Waals surface area contributed by atoms with E-state index < -0.39 is 10.8 Å². The highest BCUT2D eigenvalue weighted by Gasteiger charge is 2.15. The third-order valence-corrected chi connectivity index (χ3v) is 5.42. The molecule has 0 atom stereocenters. The van der Waals surface area contributed by atoms with Gasteiger partial charge in [-0.2, -0.15) is 10.2 Å². The van der Waals surface area contributed by atoms with E-state index in [1.165, 1.54) is 24.3 Å². The van der Waals surface area contributed by atoms with Crippen molar-refractivity contribution in [3.8, 4) is 5.75 Å². The van der Waals surface area contributed by atoms with Crippen LogP contribution >= 0.6 is 11.6 Å². The van der Waals surface area contributed by atoms with Crippen LogP contribution in [-0.2, 0) is 19.7 Å². The van der Waals surface area contributed by atoms with Crippen molar-refractivity contribution in [3.63, 3.8) is 0 Å². The fraction of sp³-hybridized carbons (Fsp3) is 0.227. The number of hydrogen-bond acceptors (Lipinski definition) is 7. The predicted octanol–water partition coefficient (Wildman–Crippen LogP) is 4.44. The molecule has 12 heteroatoms. The van der Waals surface area contributed by atoms with Crippen LogP contribution in [0, 0.1) is 17.0 Å². The molecule has 0 spiro atoms. The molecule has 0 saturated heterocycles. The third kappa shape index (κ3) is 5.09. The molecule has 3 heterocycles. The molecule has 0 radical (unpaired) electrons. The molecule has 1 amide bonds. The molecule has 3 aromatic heterocycles. The molecule has 4 rings (SSSR count). The second-order valence-corrected chi connectivity index (χ2v) is 7.79. The summed E-state index contributed by atoms with van der Waals surface area (Å²) in [5.74, 6) is 0.128. The van der Waals surface area contributed by atoms with Crippen LogP contribution in [0.25, 0.3) is 0 Å². The second-order valence-electron chi connectivity index (χ2n) is 7.38. The number of hydrogen-bond donors (Lipinski definition) is 1. The van der Waals surface area contributed by atoms with Gasteiger partial charge in [-0.15, -0.1) is 0 Å². The normalized spacial score (nSPS) is 10.9. The van der Waals surface area contributed by atoms with Gasteiger partial charge in [0.05, 0.1) is 40.6 Å². The summed E-state index contributed by atoms with van der Waals surface area (Å²) < 4.78 is 14.7. The first-order valence-electron chi connectivity index (χ1n) is 10.3. The number of ether oxygens (including phenoxy) is 1. The maximum atomic E-state index is 12.5. The first kappa shape index (κ1) is 23.1. The summed E-state index contributed by atoms with van der Waals surface area (Å²) in [6, 6.07) is 6.98. The van der Waals surface area contributed by atoms with Crippen molar-refractivity contribution in [2.75, 3.05) is 5.32 Å². The van der Waals surface area contributed by atoms with E-state index in [4.69, 9.17) is 20.8 Å². The lowest BCUT2D eigenvalue weighted by molar-refractivity contribution is -0.384. The monoisotopic (exact) mass is 484 g/mol. The third-order valence-electron chi connectivity index (χ3n) is 5.11. The molecule has 0 aliphatic rings. The van der Waals surface area contributed by atoms with E-state index in [0.29, 0.717) is 18.0 Å². The van der Waals surface area contributed by atoms with E-state index in [9.17, 15) is 14.9 Å². The van der Waals surface area contributed by atoms with Crippen LogP contribution in [-0.4, -0.2) is 30.4 Å². The molecule has 0 aliphatic heterocycles. The van der Waals surface area contributed by atoms with Crippen molar-refractivity contribution >= 4 is 28.9 Å². The van der Waals surface area contributed by atoms with Crippen molar-refractivity contribution in [2.45, 2.75) is 33.5 Å². The Balaban J connectivity index is 1.35. The summed E-state index contributed by atoms with van der Waals surface area (Å²) in [7, 11) is 0. The number of furan rings is 1. The Hall–Kier alpha value is -4.12. The smallest absolute Gasteiger partial charge is 0.291 e. The van der Waals surface area contributed by atoms with Crippen LogP contribution in [0.2, 0.25) is 5.02 Å². The quantitative estimate of drug-likeness (QED) is 0.274. The molecule has 4 aromatic rings.